The summed E-state index contributed by atoms with van der Waals surface area (Å²) in [4.78, 5) is 25.5. The molecule has 4 rings (SSSR count). The van der Waals surface area contributed by atoms with E-state index in [0.29, 0.717) is 19.6 Å². The minimum atomic E-state index is 0. The Bertz CT molecular complexity index is 1030. The molecule has 0 spiro atoms. The minimum Gasteiger partial charge on any atom is -0.356 e. The Labute approximate surface area is 198 Å². The molecule has 9 nitrogen and oxygen atoms in total. The van der Waals surface area contributed by atoms with Crippen LogP contribution in [0.15, 0.2) is 60.4 Å². The van der Waals surface area contributed by atoms with Crippen molar-refractivity contribution < 1.29 is 4.79 Å². The number of nitrogens with one attached hydrogen (secondary N) is 1. The predicted octanol–water partition coefficient (Wildman–Crippen LogP) is 2.04. The summed E-state index contributed by atoms with van der Waals surface area (Å²) < 4.78 is 3.69. The van der Waals surface area contributed by atoms with Gasteiger partial charge in [0.05, 0.1) is 30.4 Å². The molecule has 3 heterocycles. The van der Waals surface area contributed by atoms with Crippen LogP contribution in [0.4, 0.5) is 5.69 Å². The van der Waals surface area contributed by atoms with E-state index >= 15 is 0 Å². The van der Waals surface area contributed by atoms with Crippen LogP contribution in [-0.2, 0) is 18.4 Å². The average Bonchev–Trinajstić information content (AvgIpc) is 3.43. The molecule has 1 fully saturated rings. The smallest absolute Gasteiger partial charge is 0.246 e. The molecule has 1 N–H and O–H groups in total. The van der Waals surface area contributed by atoms with Gasteiger partial charge in [-0.15, -0.1) is 24.0 Å². The molecule has 0 radical (unpaired) electrons. The van der Waals surface area contributed by atoms with Gasteiger partial charge in [-0.1, -0.05) is 18.2 Å². The van der Waals surface area contributed by atoms with E-state index in [2.05, 4.69) is 27.5 Å². The summed E-state index contributed by atoms with van der Waals surface area (Å²) in [6.45, 7) is 4.86. The van der Waals surface area contributed by atoms with Crippen molar-refractivity contribution in [3.8, 4) is 5.69 Å². The fourth-order valence-corrected chi connectivity index (χ4v) is 3.56. The highest BCUT2D eigenvalue weighted by molar-refractivity contribution is 14.0. The number of carbonyl (C=O) groups excluding carboxylic acids is 1. The molecule has 0 saturated carbocycles. The van der Waals surface area contributed by atoms with Gasteiger partial charge in [0.15, 0.2) is 5.96 Å². The second-order valence-electron chi connectivity index (χ2n) is 7.11. The summed E-state index contributed by atoms with van der Waals surface area (Å²) in [6, 6.07) is 8.13. The fraction of sp³-hybridized carbons (Fsp3) is 0.333. The summed E-state index contributed by atoms with van der Waals surface area (Å²) in [5.41, 5.74) is 2.97. The van der Waals surface area contributed by atoms with Gasteiger partial charge in [-0.05, 0) is 18.6 Å². The molecule has 3 aromatic rings. The molecule has 1 amide bonds. The Balaban J connectivity index is 0.00000272. The maximum Gasteiger partial charge on any atom is 0.246 e. The summed E-state index contributed by atoms with van der Waals surface area (Å²) in [5, 5.41) is 7.49. The second kappa shape index (κ2) is 10.4. The first kappa shape index (κ1) is 22.8. The quantitative estimate of drug-likeness (QED) is 0.308. The number of hydrogen-bond donors (Lipinski definition) is 1. The molecule has 1 aliphatic rings. The van der Waals surface area contributed by atoms with Gasteiger partial charge in [0.25, 0.3) is 0 Å². The molecule has 1 aliphatic heterocycles. The number of carbonyl (C=O) groups is 1. The Kier molecular flexibility index (Phi) is 7.66. The standard InChI is InChI=1S/C21H26N8O.HI/c1-3-23-21(24-12-17-6-4-5-7-19(17)28-9-8-22-16-28)27-10-11-29(20(30)15-27)18-13-25-26(2)14-18;/h4-9,13-14,16H,3,10-12,15H2,1-2H3,(H,23,24);1H. The fourth-order valence-electron chi connectivity index (χ4n) is 3.56. The third-order valence-corrected chi connectivity index (χ3v) is 5.03. The summed E-state index contributed by atoms with van der Waals surface area (Å²) in [6.07, 6.45) is 9.05. The highest BCUT2D eigenvalue weighted by Crippen LogP contribution is 2.17. The number of nitrogens with zero attached hydrogens (tertiary/aromatic N) is 7. The molecule has 164 valence electrons. The van der Waals surface area contributed by atoms with Gasteiger partial charge in [0.1, 0.15) is 6.54 Å². The van der Waals surface area contributed by atoms with E-state index in [9.17, 15) is 4.79 Å². The summed E-state index contributed by atoms with van der Waals surface area (Å²) >= 11 is 0. The van der Waals surface area contributed by atoms with Crippen LogP contribution in [0.2, 0.25) is 0 Å². The molecular weight excluding hydrogens is 507 g/mol. The van der Waals surface area contributed by atoms with Gasteiger partial charge >= 0.3 is 0 Å². The number of para-hydroxylation sites is 1. The predicted molar refractivity (Wildman–Crippen MR) is 131 cm³/mol. The lowest BCUT2D eigenvalue weighted by Gasteiger charge is -2.35. The number of amides is 1. The number of piperazine rings is 1. The Morgan fingerprint density at radius 3 is 2.77 bits per heavy atom. The molecule has 10 heteroatoms. The van der Waals surface area contributed by atoms with Crippen LogP contribution in [-0.4, -0.2) is 62.3 Å². The van der Waals surface area contributed by atoms with E-state index in [4.69, 9.17) is 4.99 Å². The van der Waals surface area contributed by atoms with E-state index in [1.165, 1.54) is 0 Å². The van der Waals surface area contributed by atoms with Gasteiger partial charge in [-0.2, -0.15) is 5.10 Å². The zero-order valence-electron chi connectivity index (χ0n) is 17.7. The molecule has 1 aromatic carbocycles. The number of hydrogen-bond acceptors (Lipinski definition) is 4. The minimum absolute atomic E-state index is 0. The van der Waals surface area contributed by atoms with Crippen molar-refractivity contribution in [2.24, 2.45) is 12.0 Å². The molecule has 0 bridgehead atoms. The first-order valence-electron chi connectivity index (χ1n) is 10.0. The van der Waals surface area contributed by atoms with Crippen LogP contribution in [0.5, 0.6) is 0 Å². The largest absolute Gasteiger partial charge is 0.356 e. The number of aliphatic imine (C=N–C) groups is 1. The Hall–Kier alpha value is -2.89. The van der Waals surface area contributed by atoms with Crippen molar-refractivity contribution in [2.45, 2.75) is 13.5 Å². The zero-order valence-corrected chi connectivity index (χ0v) is 20.0. The van der Waals surface area contributed by atoms with Gasteiger partial charge in [-0.3, -0.25) is 9.48 Å². The number of halogens is 1. The van der Waals surface area contributed by atoms with Crippen LogP contribution in [0.1, 0.15) is 12.5 Å². The van der Waals surface area contributed by atoms with E-state index < -0.39 is 0 Å². The monoisotopic (exact) mass is 534 g/mol. The zero-order chi connectivity index (χ0) is 20.9. The lowest BCUT2D eigenvalue weighted by atomic mass is 10.2. The number of benzene rings is 1. The van der Waals surface area contributed by atoms with Crippen molar-refractivity contribution in [1.82, 2.24) is 29.5 Å². The van der Waals surface area contributed by atoms with Crippen LogP contribution < -0.4 is 10.2 Å². The van der Waals surface area contributed by atoms with Crippen molar-refractivity contribution in [1.29, 1.82) is 0 Å². The summed E-state index contributed by atoms with van der Waals surface area (Å²) in [5.74, 6) is 0.788. The third-order valence-electron chi connectivity index (χ3n) is 5.03. The van der Waals surface area contributed by atoms with Crippen LogP contribution in [0.3, 0.4) is 0 Å². The number of rotatable bonds is 5. The van der Waals surface area contributed by atoms with Crippen molar-refractivity contribution in [3.05, 3.63) is 60.9 Å². The van der Waals surface area contributed by atoms with E-state index in [0.717, 1.165) is 29.4 Å². The number of aryl methyl sites for hydroxylation is 1. The van der Waals surface area contributed by atoms with E-state index in [1.54, 1.807) is 28.3 Å². The first-order valence-corrected chi connectivity index (χ1v) is 10.0. The highest BCUT2D eigenvalue weighted by Gasteiger charge is 2.27. The second-order valence-corrected chi connectivity index (χ2v) is 7.11. The van der Waals surface area contributed by atoms with Crippen LogP contribution in [0, 0.1) is 0 Å². The van der Waals surface area contributed by atoms with Crippen molar-refractivity contribution >= 4 is 41.5 Å². The van der Waals surface area contributed by atoms with E-state index in [1.807, 2.05) is 48.0 Å². The Morgan fingerprint density at radius 1 is 1.26 bits per heavy atom. The normalized spacial score (nSPS) is 14.5. The lowest BCUT2D eigenvalue weighted by molar-refractivity contribution is -0.120. The van der Waals surface area contributed by atoms with Gasteiger partial charge in [0, 0.05) is 45.3 Å². The maximum absolute atomic E-state index is 12.8. The molecular formula is C21H27IN8O. The number of anilines is 1. The third kappa shape index (κ3) is 5.24. The van der Waals surface area contributed by atoms with Gasteiger partial charge in [-0.25, -0.2) is 9.98 Å². The van der Waals surface area contributed by atoms with Crippen molar-refractivity contribution in [3.63, 3.8) is 0 Å². The van der Waals surface area contributed by atoms with Gasteiger partial charge in [0.2, 0.25) is 5.91 Å². The average molecular weight is 534 g/mol. The molecule has 2 aromatic heterocycles. The molecule has 0 atom stereocenters. The molecule has 0 unspecified atom stereocenters. The number of aromatic nitrogens is 4. The Morgan fingerprint density at radius 2 is 2.10 bits per heavy atom. The SMILES string of the molecule is CCNC(=NCc1ccccc1-n1ccnc1)N1CCN(c2cnn(C)c2)C(=O)C1.I. The first-order chi connectivity index (χ1) is 14.7. The van der Waals surface area contributed by atoms with Crippen LogP contribution in [0.25, 0.3) is 5.69 Å². The highest BCUT2D eigenvalue weighted by atomic mass is 127. The molecule has 0 aliphatic carbocycles. The topological polar surface area (TPSA) is 83.6 Å². The molecule has 1 saturated heterocycles. The van der Waals surface area contributed by atoms with Gasteiger partial charge < -0.3 is 19.7 Å². The molecule has 31 heavy (non-hydrogen) atoms. The number of imidazole rings is 1. The van der Waals surface area contributed by atoms with Crippen LogP contribution >= 0.6 is 24.0 Å². The maximum atomic E-state index is 12.8. The van der Waals surface area contributed by atoms with E-state index in [-0.39, 0.29) is 36.4 Å². The summed E-state index contributed by atoms with van der Waals surface area (Å²) in [7, 11) is 1.85. The number of guanidine groups is 1. The van der Waals surface area contributed by atoms with Crippen molar-refractivity contribution in [2.75, 3.05) is 31.1 Å². The lowest BCUT2D eigenvalue weighted by Crippen LogP contribution is -2.55.